The summed E-state index contributed by atoms with van der Waals surface area (Å²) >= 11 is 1.83. The first kappa shape index (κ1) is 14.2. The molecule has 21 heavy (non-hydrogen) atoms. The van der Waals surface area contributed by atoms with Crippen LogP contribution in [0.5, 0.6) is 0 Å². The van der Waals surface area contributed by atoms with Crippen LogP contribution >= 0.6 is 11.8 Å². The van der Waals surface area contributed by atoms with Crippen LogP contribution in [0.2, 0.25) is 0 Å². The lowest BCUT2D eigenvalue weighted by molar-refractivity contribution is 0.584. The van der Waals surface area contributed by atoms with Gasteiger partial charge in [0.15, 0.2) is 5.17 Å². The summed E-state index contributed by atoms with van der Waals surface area (Å²) in [5.41, 5.74) is 1.38. The van der Waals surface area contributed by atoms with E-state index in [-0.39, 0.29) is 0 Å². The highest BCUT2D eigenvalue weighted by atomic mass is 32.2. The summed E-state index contributed by atoms with van der Waals surface area (Å²) in [5.74, 6) is 1.10. The fourth-order valence-electron chi connectivity index (χ4n) is 2.38. The van der Waals surface area contributed by atoms with Crippen LogP contribution in [0.4, 0.5) is 0 Å². The first-order chi connectivity index (χ1) is 10.4. The Morgan fingerprint density at radius 1 is 1.29 bits per heavy atom. The molecule has 0 spiro atoms. The third-order valence-corrected chi connectivity index (χ3v) is 4.52. The summed E-state index contributed by atoms with van der Waals surface area (Å²) in [4.78, 5) is 4.64. The maximum atomic E-state index is 4.64. The normalized spacial score (nSPS) is 19.8. The second-order valence-corrected chi connectivity index (χ2v) is 6.16. The summed E-state index contributed by atoms with van der Waals surface area (Å²) in [6, 6.07) is 13.1. The molecule has 0 amide bonds. The smallest absolute Gasteiger partial charge is 0.156 e. The van der Waals surface area contributed by atoms with Gasteiger partial charge in [-0.25, -0.2) is 0 Å². The lowest BCUT2D eigenvalue weighted by atomic mass is 10.1. The Bertz CT molecular complexity index is 565. The standard InChI is InChI=1S/C16H20N4S/c1-2-6-14(7-3-1)12-15-13-21-16(19-15)17-8-4-10-20-11-5-9-18-20/h1-3,5-7,9,11,15H,4,8,10,12-13H2,(H,17,19). The van der Waals surface area contributed by atoms with Crippen molar-refractivity contribution >= 4 is 16.9 Å². The Labute approximate surface area is 129 Å². The van der Waals surface area contributed by atoms with Crippen molar-refractivity contribution in [2.24, 2.45) is 4.99 Å². The summed E-state index contributed by atoms with van der Waals surface area (Å²) in [6.45, 7) is 1.79. The van der Waals surface area contributed by atoms with E-state index in [9.17, 15) is 0 Å². The molecular weight excluding hydrogens is 280 g/mol. The Morgan fingerprint density at radius 3 is 3.00 bits per heavy atom. The lowest BCUT2D eigenvalue weighted by Gasteiger charge is -2.09. The van der Waals surface area contributed by atoms with Gasteiger partial charge in [0.05, 0.1) is 0 Å². The van der Waals surface area contributed by atoms with Gasteiger partial charge in [-0.1, -0.05) is 42.1 Å². The maximum Gasteiger partial charge on any atom is 0.156 e. The molecule has 4 nitrogen and oxygen atoms in total. The van der Waals surface area contributed by atoms with Crippen LogP contribution in [0, 0.1) is 0 Å². The molecule has 0 aliphatic carbocycles. The molecule has 0 radical (unpaired) electrons. The summed E-state index contributed by atoms with van der Waals surface area (Å²) in [7, 11) is 0. The Balaban J connectivity index is 1.40. The molecule has 1 unspecified atom stereocenters. The van der Waals surface area contributed by atoms with E-state index >= 15 is 0 Å². The van der Waals surface area contributed by atoms with Crippen molar-refractivity contribution in [2.45, 2.75) is 25.4 Å². The average Bonchev–Trinajstić information content (AvgIpc) is 3.17. The van der Waals surface area contributed by atoms with Crippen molar-refractivity contribution in [3.05, 3.63) is 54.4 Å². The molecule has 2 heterocycles. The Hall–Kier alpha value is -1.75. The van der Waals surface area contributed by atoms with Gasteiger partial charge in [-0.3, -0.25) is 9.67 Å². The van der Waals surface area contributed by atoms with E-state index in [0.29, 0.717) is 6.04 Å². The number of benzene rings is 1. The second-order valence-electron chi connectivity index (χ2n) is 5.15. The van der Waals surface area contributed by atoms with Gasteiger partial charge < -0.3 is 5.32 Å². The fraction of sp³-hybridized carbons (Fsp3) is 0.375. The minimum absolute atomic E-state index is 0.502. The summed E-state index contributed by atoms with van der Waals surface area (Å²) in [5, 5.41) is 8.81. The van der Waals surface area contributed by atoms with Gasteiger partial charge in [-0.15, -0.1) is 0 Å². The van der Waals surface area contributed by atoms with Gasteiger partial charge in [0.1, 0.15) is 0 Å². The SMILES string of the molecule is c1ccc(CC2CSC(=NCCCn3cccn3)N2)cc1. The molecule has 0 saturated carbocycles. The van der Waals surface area contributed by atoms with Crippen LogP contribution in [0.1, 0.15) is 12.0 Å². The van der Waals surface area contributed by atoms with E-state index in [2.05, 4.69) is 45.7 Å². The van der Waals surface area contributed by atoms with Crippen LogP contribution in [0.3, 0.4) is 0 Å². The zero-order chi connectivity index (χ0) is 14.3. The molecule has 1 aromatic carbocycles. The molecule has 3 rings (SSSR count). The molecule has 1 aliphatic rings. The number of nitrogens with one attached hydrogen (secondary N) is 1. The zero-order valence-corrected chi connectivity index (χ0v) is 12.8. The quantitative estimate of drug-likeness (QED) is 0.834. The lowest BCUT2D eigenvalue weighted by Crippen LogP contribution is -2.29. The predicted molar refractivity (Wildman–Crippen MR) is 88.7 cm³/mol. The van der Waals surface area contributed by atoms with Crippen LogP contribution in [-0.2, 0) is 13.0 Å². The predicted octanol–water partition coefficient (Wildman–Crippen LogP) is 2.58. The highest BCUT2D eigenvalue weighted by Gasteiger charge is 2.19. The molecule has 1 fully saturated rings. The second kappa shape index (κ2) is 7.31. The molecule has 1 atom stereocenters. The number of hydrogen-bond acceptors (Lipinski definition) is 3. The monoisotopic (exact) mass is 300 g/mol. The minimum Gasteiger partial charge on any atom is -0.361 e. The fourth-order valence-corrected chi connectivity index (χ4v) is 3.38. The molecule has 1 aliphatic heterocycles. The number of thioether (sulfide) groups is 1. The number of aromatic nitrogens is 2. The first-order valence-corrected chi connectivity index (χ1v) is 8.34. The highest BCUT2D eigenvalue weighted by Crippen LogP contribution is 2.17. The number of rotatable bonds is 6. The Morgan fingerprint density at radius 2 is 2.19 bits per heavy atom. The number of hydrogen-bond donors (Lipinski definition) is 1. The molecule has 1 saturated heterocycles. The number of nitrogens with zero attached hydrogens (tertiary/aromatic N) is 3. The van der Waals surface area contributed by atoms with Gasteiger partial charge in [0.2, 0.25) is 0 Å². The van der Waals surface area contributed by atoms with Gasteiger partial charge >= 0.3 is 0 Å². The van der Waals surface area contributed by atoms with Gasteiger partial charge in [0.25, 0.3) is 0 Å². The first-order valence-electron chi connectivity index (χ1n) is 7.35. The van der Waals surface area contributed by atoms with E-state index < -0.39 is 0 Å². The van der Waals surface area contributed by atoms with Crippen LogP contribution in [0.15, 0.2) is 53.8 Å². The van der Waals surface area contributed by atoms with Gasteiger partial charge in [0, 0.05) is 37.3 Å². The maximum absolute atomic E-state index is 4.64. The largest absolute Gasteiger partial charge is 0.361 e. The van der Waals surface area contributed by atoms with E-state index in [4.69, 9.17) is 0 Å². The van der Waals surface area contributed by atoms with Crippen LogP contribution in [-0.4, -0.2) is 33.3 Å². The summed E-state index contributed by atoms with van der Waals surface area (Å²) in [6.07, 6.45) is 5.90. The Kier molecular flexibility index (Phi) is 4.94. The van der Waals surface area contributed by atoms with E-state index in [1.165, 1.54) is 5.56 Å². The molecule has 1 aromatic heterocycles. The van der Waals surface area contributed by atoms with Crippen molar-refractivity contribution in [3.63, 3.8) is 0 Å². The van der Waals surface area contributed by atoms with E-state index in [1.54, 1.807) is 0 Å². The molecular formula is C16H20N4S. The molecule has 110 valence electrons. The molecule has 5 heteroatoms. The molecule has 0 bridgehead atoms. The van der Waals surface area contributed by atoms with Crippen molar-refractivity contribution < 1.29 is 0 Å². The van der Waals surface area contributed by atoms with E-state index in [1.807, 2.05) is 34.9 Å². The molecule has 1 N–H and O–H groups in total. The summed E-state index contributed by atoms with van der Waals surface area (Å²) < 4.78 is 1.95. The number of aryl methyl sites for hydroxylation is 1. The average molecular weight is 300 g/mol. The van der Waals surface area contributed by atoms with E-state index in [0.717, 1.165) is 36.9 Å². The minimum atomic E-state index is 0.502. The van der Waals surface area contributed by atoms with Crippen molar-refractivity contribution in [2.75, 3.05) is 12.3 Å². The van der Waals surface area contributed by atoms with Gasteiger partial charge in [-0.05, 0) is 24.5 Å². The van der Waals surface area contributed by atoms with Crippen LogP contribution < -0.4 is 5.32 Å². The van der Waals surface area contributed by atoms with Crippen molar-refractivity contribution in [1.29, 1.82) is 0 Å². The van der Waals surface area contributed by atoms with Crippen LogP contribution in [0.25, 0.3) is 0 Å². The number of amidine groups is 1. The van der Waals surface area contributed by atoms with Crippen molar-refractivity contribution in [3.8, 4) is 0 Å². The highest BCUT2D eigenvalue weighted by molar-refractivity contribution is 8.14. The molecule has 2 aromatic rings. The van der Waals surface area contributed by atoms with Crippen molar-refractivity contribution in [1.82, 2.24) is 15.1 Å². The van der Waals surface area contributed by atoms with Gasteiger partial charge in [-0.2, -0.15) is 5.10 Å². The third-order valence-electron chi connectivity index (χ3n) is 3.43. The topological polar surface area (TPSA) is 42.2 Å². The third kappa shape index (κ3) is 4.36. The number of aliphatic imine (C=N–C) groups is 1. The zero-order valence-electron chi connectivity index (χ0n) is 12.0.